The fraction of sp³-hybridized carbons (Fsp3) is 0.250. The first kappa shape index (κ1) is 22.1. The molecular formula is C24H23N5OS3. The van der Waals surface area contributed by atoms with Crippen molar-refractivity contribution in [3.8, 4) is 5.69 Å². The van der Waals surface area contributed by atoms with Crippen LogP contribution in [-0.4, -0.2) is 36.6 Å². The Morgan fingerprint density at radius 2 is 1.91 bits per heavy atom. The van der Waals surface area contributed by atoms with Crippen LogP contribution in [0.15, 0.2) is 53.7 Å². The highest BCUT2D eigenvalue weighted by Gasteiger charge is 2.20. The first-order valence-corrected chi connectivity index (χ1v) is 13.0. The van der Waals surface area contributed by atoms with Crippen LogP contribution in [0.2, 0.25) is 0 Å². The van der Waals surface area contributed by atoms with E-state index in [0.717, 1.165) is 53.8 Å². The van der Waals surface area contributed by atoms with E-state index in [1.807, 2.05) is 52.3 Å². The lowest BCUT2D eigenvalue weighted by atomic mass is 10.2. The van der Waals surface area contributed by atoms with E-state index in [1.165, 1.54) is 23.1 Å². The van der Waals surface area contributed by atoms with Crippen LogP contribution in [0.25, 0.3) is 32.7 Å². The largest absolute Gasteiger partial charge is 0.353 e. The van der Waals surface area contributed by atoms with Crippen LogP contribution in [-0.2, 0) is 4.79 Å². The van der Waals surface area contributed by atoms with Crippen molar-refractivity contribution in [2.45, 2.75) is 38.4 Å². The number of thioether (sulfide) groups is 1. The smallest absolute Gasteiger partial charge is 0.230 e. The average Bonchev–Trinajstić information content (AvgIpc) is 3.35. The zero-order valence-electron chi connectivity index (χ0n) is 18.5. The van der Waals surface area contributed by atoms with Gasteiger partial charge in [-0.25, -0.2) is 9.97 Å². The summed E-state index contributed by atoms with van der Waals surface area (Å²) in [4.78, 5) is 22.5. The van der Waals surface area contributed by atoms with Gasteiger partial charge in [0.1, 0.15) is 4.70 Å². The van der Waals surface area contributed by atoms with Crippen LogP contribution in [0.1, 0.15) is 25.8 Å². The van der Waals surface area contributed by atoms with Crippen molar-refractivity contribution >= 4 is 68.3 Å². The van der Waals surface area contributed by atoms with E-state index < -0.39 is 0 Å². The topological polar surface area (TPSA) is 64.2 Å². The number of benzene rings is 2. The number of imidazole rings is 1. The predicted octanol–water partition coefficient (Wildman–Crippen LogP) is 5.93. The van der Waals surface area contributed by atoms with Gasteiger partial charge in [0.15, 0.2) is 20.4 Å². The van der Waals surface area contributed by atoms with Crippen LogP contribution >= 0.6 is 35.3 Å². The quantitative estimate of drug-likeness (QED) is 0.180. The zero-order valence-corrected chi connectivity index (χ0v) is 21.0. The molecule has 0 bridgehead atoms. The molecule has 0 saturated heterocycles. The predicted molar refractivity (Wildman–Crippen MR) is 139 cm³/mol. The van der Waals surface area contributed by atoms with E-state index in [9.17, 15) is 4.79 Å². The second kappa shape index (κ2) is 8.89. The number of para-hydroxylation sites is 3. The Bertz CT molecular complexity index is 1570. The molecule has 3 aromatic heterocycles. The molecule has 5 rings (SSSR count). The number of carbonyl (C=O) groups is 1. The molecule has 33 heavy (non-hydrogen) atoms. The standard InChI is InChI=1S/C24H23N5OS3/c1-4-15(3)25-19(30)13-32-23-27-22-20(21-26-16-10-6-8-12-18(16)28(21)23)33-24(31)29(22)17-11-7-5-9-14(17)2/h5-12,15H,4,13H2,1-3H3,(H,25,30). The van der Waals surface area contributed by atoms with Crippen molar-refractivity contribution in [2.75, 3.05) is 5.75 Å². The first-order valence-electron chi connectivity index (χ1n) is 10.8. The van der Waals surface area contributed by atoms with Crippen LogP contribution in [0, 0.1) is 10.9 Å². The Labute approximate surface area is 204 Å². The number of rotatable bonds is 6. The lowest BCUT2D eigenvalue weighted by Crippen LogP contribution is -2.33. The van der Waals surface area contributed by atoms with Crippen LogP contribution < -0.4 is 5.32 Å². The number of thiazole rings is 1. The summed E-state index contributed by atoms with van der Waals surface area (Å²) >= 11 is 8.72. The highest BCUT2D eigenvalue weighted by molar-refractivity contribution is 7.99. The molecule has 9 heteroatoms. The summed E-state index contributed by atoms with van der Waals surface area (Å²) in [5.74, 6) is 0.273. The summed E-state index contributed by atoms with van der Waals surface area (Å²) in [7, 11) is 0. The minimum Gasteiger partial charge on any atom is -0.353 e. The van der Waals surface area contributed by atoms with E-state index in [-0.39, 0.29) is 17.7 Å². The van der Waals surface area contributed by atoms with E-state index in [0.29, 0.717) is 0 Å². The van der Waals surface area contributed by atoms with Gasteiger partial charge >= 0.3 is 0 Å². The minimum atomic E-state index is -0.00475. The van der Waals surface area contributed by atoms with Gasteiger partial charge in [-0.2, -0.15) is 0 Å². The third-order valence-corrected chi connectivity index (χ3v) is 7.95. The van der Waals surface area contributed by atoms with Gasteiger partial charge in [-0.15, -0.1) is 0 Å². The Morgan fingerprint density at radius 1 is 1.15 bits per heavy atom. The van der Waals surface area contributed by atoms with Crippen LogP contribution in [0.4, 0.5) is 0 Å². The van der Waals surface area contributed by atoms with E-state index in [4.69, 9.17) is 22.2 Å². The third-order valence-electron chi connectivity index (χ3n) is 5.65. The van der Waals surface area contributed by atoms with Gasteiger partial charge in [-0.3, -0.25) is 13.8 Å². The fourth-order valence-corrected chi connectivity index (χ4v) is 5.95. The normalized spacial score (nSPS) is 12.6. The molecule has 2 aromatic carbocycles. The van der Waals surface area contributed by atoms with Gasteiger partial charge in [0.05, 0.1) is 22.5 Å². The average molecular weight is 494 g/mol. The zero-order chi connectivity index (χ0) is 23.1. The number of amides is 1. The minimum absolute atomic E-state index is 0.00475. The summed E-state index contributed by atoms with van der Waals surface area (Å²) in [6.45, 7) is 6.13. The number of nitrogens with one attached hydrogen (secondary N) is 1. The number of aryl methyl sites for hydroxylation is 1. The summed E-state index contributed by atoms with van der Waals surface area (Å²) in [5.41, 5.74) is 5.56. The Balaban J connectivity index is 1.73. The molecule has 1 N–H and O–H groups in total. The summed E-state index contributed by atoms with van der Waals surface area (Å²) < 4.78 is 5.73. The Morgan fingerprint density at radius 3 is 2.70 bits per heavy atom. The highest BCUT2D eigenvalue weighted by atomic mass is 32.2. The van der Waals surface area contributed by atoms with Crippen molar-refractivity contribution in [3.63, 3.8) is 0 Å². The molecule has 1 amide bonds. The van der Waals surface area contributed by atoms with Crippen molar-refractivity contribution < 1.29 is 4.79 Å². The highest BCUT2D eigenvalue weighted by Crippen LogP contribution is 2.34. The first-order chi connectivity index (χ1) is 16.0. The molecule has 1 unspecified atom stereocenters. The third kappa shape index (κ3) is 3.94. The Kier molecular flexibility index (Phi) is 5.94. The van der Waals surface area contributed by atoms with E-state index in [2.05, 4.69) is 31.3 Å². The van der Waals surface area contributed by atoms with E-state index >= 15 is 0 Å². The molecule has 0 saturated carbocycles. The maximum absolute atomic E-state index is 12.5. The fourth-order valence-electron chi connectivity index (χ4n) is 3.80. The second-order valence-corrected chi connectivity index (χ2v) is 10.5. The lowest BCUT2D eigenvalue weighted by Gasteiger charge is -2.12. The summed E-state index contributed by atoms with van der Waals surface area (Å²) in [6, 6.07) is 16.3. The molecule has 168 valence electrons. The van der Waals surface area contributed by atoms with Crippen molar-refractivity contribution in [3.05, 3.63) is 58.0 Å². The molecule has 0 spiro atoms. The number of aromatic nitrogens is 4. The number of nitrogens with zero attached hydrogens (tertiary/aromatic N) is 4. The molecule has 0 radical (unpaired) electrons. The van der Waals surface area contributed by atoms with Crippen molar-refractivity contribution in [1.82, 2.24) is 24.3 Å². The monoisotopic (exact) mass is 493 g/mol. The maximum Gasteiger partial charge on any atom is 0.230 e. The number of hydrogen-bond donors (Lipinski definition) is 1. The van der Waals surface area contributed by atoms with E-state index in [1.54, 1.807) is 0 Å². The summed E-state index contributed by atoms with van der Waals surface area (Å²) in [5, 5.41) is 3.76. The van der Waals surface area contributed by atoms with Gasteiger partial charge < -0.3 is 5.32 Å². The SMILES string of the molecule is CCC(C)NC(=O)CSc1nc2c(sc(=S)n2-c2ccccc2C)c2nc3ccccc3n12. The molecule has 1 atom stereocenters. The van der Waals surface area contributed by atoms with Crippen LogP contribution in [0.3, 0.4) is 0 Å². The van der Waals surface area contributed by atoms with Crippen LogP contribution in [0.5, 0.6) is 0 Å². The van der Waals surface area contributed by atoms with Gasteiger partial charge in [-0.1, -0.05) is 60.4 Å². The Hall–Kier alpha value is -2.75. The maximum atomic E-state index is 12.5. The van der Waals surface area contributed by atoms with Gasteiger partial charge in [-0.05, 0) is 56.2 Å². The van der Waals surface area contributed by atoms with Gasteiger partial charge in [0.25, 0.3) is 0 Å². The number of carbonyl (C=O) groups excluding carboxylic acids is 1. The molecule has 3 heterocycles. The molecule has 0 aliphatic heterocycles. The molecular weight excluding hydrogens is 470 g/mol. The molecule has 5 aromatic rings. The number of fused-ring (bicyclic) bond motifs is 5. The molecule has 0 aliphatic rings. The van der Waals surface area contributed by atoms with Gasteiger partial charge in [0.2, 0.25) is 5.91 Å². The molecule has 0 fully saturated rings. The summed E-state index contributed by atoms with van der Waals surface area (Å²) in [6.07, 6.45) is 0.893. The van der Waals surface area contributed by atoms with Crippen molar-refractivity contribution in [1.29, 1.82) is 0 Å². The molecule has 6 nitrogen and oxygen atoms in total. The lowest BCUT2D eigenvalue weighted by molar-refractivity contribution is -0.119. The van der Waals surface area contributed by atoms with Crippen molar-refractivity contribution in [2.24, 2.45) is 0 Å². The van der Waals surface area contributed by atoms with Gasteiger partial charge in [0, 0.05) is 6.04 Å². The second-order valence-electron chi connectivity index (χ2n) is 7.96. The number of hydrogen-bond acceptors (Lipinski definition) is 6. The molecule has 0 aliphatic carbocycles.